The first-order valence-corrected chi connectivity index (χ1v) is 9.10. The van der Waals surface area contributed by atoms with E-state index in [1.165, 1.54) is 6.42 Å². The second-order valence-corrected chi connectivity index (χ2v) is 6.91. The molecule has 23 heavy (non-hydrogen) atoms. The molecule has 0 heterocycles. The number of halogens is 1. The smallest absolute Gasteiger partial charge is 0.123 e. The van der Waals surface area contributed by atoms with Gasteiger partial charge in [-0.05, 0) is 55.6 Å². The quantitative estimate of drug-likeness (QED) is 0.673. The SMILES string of the molecule is CCCCN(CC)C[C@@H](O)COc1cc(C)c(Cl)cc1C(C)C. The summed E-state index contributed by atoms with van der Waals surface area (Å²) in [5.74, 6) is 1.16. The van der Waals surface area contributed by atoms with Gasteiger partial charge in [0.15, 0.2) is 0 Å². The van der Waals surface area contributed by atoms with Gasteiger partial charge in [0.05, 0.1) is 0 Å². The predicted molar refractivity (Wildman–Crippen MR) is 98.8 cm³/mol. The molecule has 1 aromatic carbocycles. The summed E-state index contributed by atoms with van der Waals surface area (Å²) >= 11 is 6.22. The van der Waals surface area contributed by atoms with Gasteiger partial charge in [-0.3, -0.25) is 0 Å². The third-order valence-corrected chi connectivity index (χ3v) is 4.50. The molecule has 0 saturated heterocycles. The minimum absolute atomic E-state index is 0.309. The highest BCUT2D eigenvalue weighted by molar-refractivity contribution is 6.31. The third kappa shape index (κ3) is 6.70. The largest absolute Gasteiger partial charge is 0.491 e. The average Bonchev–Trinajstić information content (AvgIpc) is 2.51. The Morgan fingerprint density at radius 1 is 1.26 bits per heavy atom. The summed E-state index contributed by atoms with van der Waals surface area (Å²) in [4.78, 5) is 2.27. The number of hydrogen-bond acceptors (Lipinski definition) is 3. The van der Waals surface area contributed by atoms with Gasteiger partial charge in [-0.1, -0.05) is 45.7 Å². The topological polar surface area (TPSA) is 32.7 Å². The molecular formula is C19H32ClNO2. The lowest BCUT2D eigenvalue weighted by Gasteiger charge is -2.24. The number of benzene rings is 1. The summed E-state index contributed by atoms with van der Waals surface area (Å²) in [6.07, 6.45) is 1.85. The van der Waals surface area contributed by atoms with E-state index in [9.17, 15) is 5.11 Å². The van der Waals surface area contributed by atoms with E-state index in [0.29, 0.717) is 19.1 Å². The first-order valence-electron chi connectivity index (χ1n) is 8.72. The summed E-state index contributed by atoms with van der Waals surface area (Å²) in [6, 6.07) is 3.95. The van der Waals surface area contributed by atoms with Crippen LogP contribution in [0.25, 0.3) is 0 Å². The van der Waals surface area contributed by atoms with E-state index >= 15 is 0 Å². The summed E-state index contributed by atoms with van der Waals surface area (Å²) in [7, 11) is 0. The van der Waals surface area contributed by atoms with Gasteiger partial charge in [-0.2, -0.15) is 0 Å². The van der Waals surface area contributed by atoms with Gasteiger partial charge in [-0.15, -0.1) is 0 Å². The molecular weight excluding hydrogens is 310 g/mol. The number of nitrogens with zero attached hydrogens (tertiary/aromatic N) is 1. The molecule has 0 amide bonds. The van der Waals surface area contributed by atoms with Crippen LogP contribution in [0.15, 0.2) is 12.1 Å². The molecule has 0 aliphatic carbocycles. The Labute approximate surface area is 146 Å². The molecule has 1 atom stereocenters. The zero-order valence-corrected chi connectivity index (χ0v) is 16.0. The molecule has 0 bridgehead atoms. The van der Waals surface area contributed by atoms with Gasteiger partial charge in [0.1, 0.15) is 18.5 Å². The van der Waals surface area contributed by atoms with Crippen LogP contribution < -0.4 is 4.74 Å². The van der Waals surface area contributed by atoms with E-state index in [2.05, 4.69) is 32.6 Å². The lowest BCUT2D eigenvalue weighted by atomic mass is 10.0. The number of likely N-dealkylation sites (N-methyl/N-ethyl adjacent to an activating group) is 1. The van der Waals surface area contributed by atoms with Crippen molar-refractivity contribution in [3.63, 3.8) is 0 Å². The summed E-state index contributed by atoms with van der Waals surface area (Å²) in [5, 5.41) is 11.0. The minimum atomic E-state index is -0.484. The Hall–Kier alpha value is -0.770. The van der Waals surface area contributed by atoms with Crippen LogP contribution in [-0.2, 0) is 0 Å². The Bertz CT molecular complexity index is 477. The fourth-order valence-corrected chi connectivity index (χ4v) is 2.72. The Balaban J connectivity index is 2.64. The maximum Gasteiger partial charge on any atom is 0.123 e. The maximum atomic E-state index is 10.3. The van der Waals surface area contributed by atoms with E-state index in [4.69, 9.17) is 16.3 Å². The van der Waals surface area contributed by atoms with Crippen LogP contribution in [0.5, 0.6) is 5.75 Å². The van der Waals surface area contributed by atoms with Gasteiger partial charge in [0.25, 0.3) is 0 Å². The van der Waals surface area contributed by atoms with Gasteiger partial charge in [0.2, 0.25) is 0 Å². The molecule has 0 aromatic heterocycles. The summed E-state index contributed by atoms with van der Waals surface area (Å²) in [5.41, 5.74) is 2.09. The first-order chi connectivity index (χ1) is 10.9. The van der Waals surface area contributed by atoms with Crippen molar-refractivity contribution in [2.75, 3.05) is 26.2 Å². The Morgan fingerprint density at radius 2 is 1.96 bits per heavy atom. The van der Waals surface area contributed by atoms with Gasteiger partial charge >= 0.3 is 0 Å². The second kappa shape index (κ2) is 10.2. The van der Waals surface area contributed by atoms with Crippen LogP contribution in [0, 0.1) is 6.92 Å². The van der Waals surface area contributed by atoms with Crippen molar-refractivity contribution < 1.29 is 9.84 Å². The fourth-order valence-electron chi connectivity index (χ4n) is 2.54. The number of unbranched alkanes of at least 4 members (excludes halogenated alkanes) is 1. The molecule has 0 spiro atoms. The van der Waals surface area contributed by atoms with Crippen LogP contribution >= 0.6 is 11.6 Å². The van der Waals surface area contributed by atoms with Crippen molar-refractivity contribution in [3.8, 4) is 5.75 Å². The van der Waals surface area contributed by atoms with Crippen LogP contribution in [0.1, 0.15) is 57.6 Å². The number of hydrogen-bond donors (Lipinski definition) is 1. The highest BCUT2D eigenvalue weighted by atomic mass is 35.5. The number of aliphatic hydroxyl groups is 1. The molecule has 0 aliphatic rings. The van der Waals surface area contributed by atoms with E-state index in [1.54, 1.807) is 0 Å². The maximum absolute atomic E-state index is 10.3. The first kappa shape index (κ1) is 20.3. The van der Waals surface area contributed by atoms with Crippen molar-refractivity contribution in [2.45, 2.75) is 59.5 Å². The monoisotopic (exact) mass is 341 g/mol. The molecule has 1 rings (SSSR count). The van der Waals surface area contributed by atoms with Crippen LogP contribution in [0.3, 0.4) is 0 Å². The fraction of sp³-hybridized carbons (Fsp3) is 0.684. The molecule has 0 saturated carbocycles. The van der Waals surface area contributed by atoms with E-state index in [1.807, 2.05) is 19.1 Å². The van der Waals surface area contributed by atoms with Crippen molar-refractivity contribution in [3.05, 3.63) is 28.3 Å². The summed E-state index contributed by atoms with van der Waals surface area (Å²) < 4.78 is 5.91. The zero-order chi connectivity index (χ0) is 17.4. The van der Waals surface area contributed by atoms with Crippen molar-refractivity contribution in [1.29, 1.82) is 0 Å². The highest BCUT2D eigenvalue weighted by Crippen LogP contribution is 2.32. The van der Waals surface area contributed by atoms with Gasteiger partial charge in [0, 0.05) is 11.6 Å². The van der Waals surface area contributed by atoms with Crippen LogP contribution in [0.2, 0.25) is 5.02 Å². The third-order valence-electron chi connectivity index (χ3n) is 4.09. The molecule has 0 aliphatic heterocycles. The summed E-state index contributed by atoms with van der Waals surface area (Å²) in [6.45, 7) is 13.5. The Morgan fingerprint density at radius 3 is 2.52 bits per heavy atom. The molecule has 132 valence electrons. The van der Waals surface area contributed by atoms with Crippen LogP contribution in [0.4, 0.5) is 0 Å². The number of rotatable bonds is 10. The lowest BCUT2D eigenvalue weighted by molar-refractivity contribution is 0.0690. The lowest BCUT2D eigenvalue weighted by Crippen LogP contribution is -2.36. The molecule has 4 heteroatoms. The van der Waals surface area contributed by atoms with Crippen LogP contribution in [-0.4, -0.2) is 42.4 Å². The van der Waals surface area contributed by atoms with E-state index < -0.39 is 6.10 Å². The zero-order valence-electron chi connectivity index (χ0n) is 15.2. The standard InChI is InChI=1S/C19H32ClNO2/c1-6-8-9-21(7-2)12-16(22)13-23-19-10-15(5)18(20)11-17(19)14(3)4/h10-11,14,16,22H,6-9,12-13H2,1-5H3/t16-/m1/s1. The molecule has 0 unspecified atom stereocenters. The van der Waals surface area contributed by atoms with Crippen molar-refractivity contribution >= 4 is 11.6 Å². The Kier molecular flexibility index (Phi) is 8.96. The number of ether oxygens (including phenoxy) is 1. The van der Waals surface area contributed by atoms with Crippen molar-refractivity contribution in [2.24, 2.45) is 0 Å². The average molecular weight is 342 g/mol. The van der Waals surface area contributed by atoms with Crippen molar-refractivity contribution in [1.82, 2.24) is 4.90 Å². The molecule has 0 radical (unpaired) electrons. The predicted octanol–water partition coefficient (Wildman–Crippen LogP) is 4.63. The van der Waals surface area contributed by atoms with Gasteiger partial charge < -0.3 is 14.7 Å². The number of aryl methyl sites for hydroxylation is 1. The minimum Gasteiger partial charge on any atom is -0.491 e. The molecule has 0 fully saturated rings. The van der Waals surface area contributed by atoms with E-state index in [0.717, 1.165) is 41.4 Å². The molecule has 1 aromatic rings. The molecule has 3 nitrogen and oxygen atoms in total. The highest BCUT2D eigenvalue weighted by Gasteiger charge is 2.14. The molecule has 1 N–H and O–H groups in total. The van der Waals surface area contributed by atoms with E-state index in [-0.39, 0.29) is 0 Å². The normalized spacial score (nSPS) is 12.9. The second-order valence-electron chi connectivity index (χ2n) is 6.51. The number of aliphatic hydroxyl groups excluding tert-OH is 1. The van der Waals surface area contributed by atoms with Gasteiger partial charge in [-0.25, -0.2) is 0 Å².